The minimum Gasteiger partial charge on any atom is -0.379 e. The van der Waals surface area contributed by atoms with Crippen LogP contribution in [0.4, 0.5) is 5.13 Å². The van der Waals surface area contributed by atoms with Crippen molar-refractivity contribution in [2.24, 2.45) is 0 Å². The van der Waals surface area contributed by atoms with Gasteiger partial charge in [-0.15, -0.1) is 11.8 Å². The third-order valence-corrected chi connectivity index (χ3v) is 7.39. The Balaban J connectivity index is 1.49. The van der Waals surface area contributed by atoms with Crippen LogP contribution in [0.2, 0.25) is 0 Å². The second-order valence-corrected chi connectivity index (χ2v) is 9.38. The van der Waals surface area contributed by atoms with E-state index in [1.165, 1.54) is 4.90 Å². The van der Waals surface area contributed by atoms with Crippen molar-refractivity contribution in [2.45, 2.75) is 4.90 Å². The molecule has 4 aromatic rings. The zero-order valence-corrected chi connectivity index (χ0v) is 19.0. The molecule has 160 valence electrons. The molecule has 0 bridgehead atoms. The normalized spacial score (nSPS) is 15.0. The number of carbonyl (C=O) groups excluding carboxylic acids is 1. The summed E-state index contributed by atoms with van der Waals surface area (Å²) >= 11 is 3.29. The molecular formula is C23H24N4O2S2. The van der Waals surface area contributed by atoms with E-state index in [4.69, 9.17) is 9.72 Å². The molecule has 1 amide bonds. The van der Waals surface area contributed by atoms with Crippen molar-refractivity contribution in [3.8, 4) is 0 Å². The first-order valence-corrected chi connectivity index (χ1v) is 12.4. The van der Waals surface area contributed by atoms with Crippen LogP contribution >= 0.6 is 23.1 Å². The number of fused-ring (bicyclic) bond motifs is 2. The number of aromatic amines is 1. The van der Waals surface area contributed by atoms with Gasteiger partial charge < -0.3 is 9.72 Å². The smallest absolute Gasteiger partial charge is 0.262 e. The van der Waals surface area contributed by atoms with Crippen LogP contribution in [0, 0.1) is 0 Å². The summed E-state index contributed by atoms with van der Waals surface area (Å²) in [5, 5.41) is 1.69. The number of thioether (sulfide) groups is 1. The molecule has 1 fully saturated rings. The fourth-order valence-corrected chi connectivity index (χ4v) is 5.42. The minimum atomic E-state index is -0.0187. The molecule has 0 aliphatic carbocycles. The van der Waals surface area contributed by atoms with Crippen LogP contribution in [-0.4, -0.2) is 66.4 Å². The van der Waals surface area contributed by atoms with Crippen LogP contribution in [0.15, 0.2) is 53.6 Å². The largest absolute Gasteiger partial charge is 0.379 e. The lowest BCUT2D eigenvalue weighted by Gasteiger charge is -2.29. The third kappa shape index (κ3) is 4.21. The number of ether oxygens (including phenoxy) is 1. The molecule has 3 heterocycles. The van der Waals surface area contributed by atoms with E-state index < -0.39 is 0 Å². The number of hydrogen-bond donors (Lipinski definition) is 1. The van der Waals surface area contributed by atoms with E-state index in [1.54, 1.807) is 23.1 Å². The fraction of sp³-hybridized carbons (Fsp3) is 0.304. The summed E-state index contributed by atoms with van der Waals surface area (Å²) in [6, 6.07) is 14.2. The highest BCUT2D eigenvalue weighted by Crippen LogP contribution is 2.33. The van der Waals surface area contributed by atoms with Crippen molar-refractivity contribution in [1.82, 2.24) is 14.9 Å². The number of benzene rings is 2. The highest BCUT2D eigenvalue weighted by molar-refractivity contribution is 7.98. The lowest BCUT2D eigenvalue weighted by atomic mass is 10.1. The number of thiazole rings is 1. The number of para-hydroxylation sites is 1. The number of H-pyrrole nitrogens is 1. The van der Waals surface area contributed by atoms with Gasteiger partial charge in [0, 0.05) is 48.2 Å². The summed E-state index contributed by atoms with van der Waals surface area (Å²) in [5.41, 5.74) is 2.58. The number of hydrogen-bond acceptors (Lipinski definition) is 6. The molecule has 2 aromatic carbocycles. The molecule has 8 heteroatoms. The first-order valence-electron chi connectivity index (χ1n) is 10.4. The number of amides is 1. The summed E-state index contributed by atoms with van der Waals surface area (Å²) in [4.78, 5) is 27.2. The molecule has 1 aliphatic rings. The topological polar surface area (TPSA) is 61.5 Å². The number of rotatable bonds is 6. The van der Waals surface area contributed by atoms with Crippen molar-refractivity contribution in [3.05, 3.63) is 54.2 Å². The average Bonchev–Trinajstić information content (AvgIpc) is 3.43. The maximum Gasteiger partial charge on any atom is 0.262 e. The molecule has 31 heavy (non-hydrogen) atoms. The van der Waals surface area contributed by atoms with E-state index in [2.05, 4.69) is 28.3 Å². The van der Waals surface area contributed by atoms with Crippen LogP contribution in [0.1, 0.15) is 10.4 Å². The predicted octanol–water partition coefficient (Wildman–Crippen LogP) is 4.48. The summed E-state index contributed by atoms with van der Waals surface area (Å²) in [6.07, 6.45) is 3.88. The van der Waals surface area contributed by atoms with Gasteiger partial charge in [-0.2, -0.15) is 0 Å². The molecule has 0 saturated carbocycles. The average molecular weight is 453 g/mol. The Kier molecular flexibility index (Phi) is 5.95. The summed E-state index contributed by atoms with van der Waals surface area (Å²) in [6.45, 7) is 4.67. The Morgan fingerprint density at radius 1 is 1.26 bits per heavy atom. The van der Waals surface area contributed by atoms with E-state index in [1.807, 2.05) is 41.4 Å². The number of anilines is 1. The quantitative estimate of drug-likeness (QED) is 0.437. The Labute approximate surface area is 189 Å². The van der Waals surface area contributed by atoms with E-state index >= 15 is 0 Å². The maximum atomic E-state index is 13.7. The number of aromatic nitrogens is 2. The van der Waals surface area contributed by atoms with Gasteiger partial charge in [0.1, 0.15) is 0 Å². The van der Waals surface area contributed by atoms with Gasteiger partial charge in [-0.3, -0.25) is 14.6 Å². The SMILES string of the molecule is CSc1ccc2nc(N(CCN3CCOCC3)C(=O)c3c[nH]c4ccccc34)sc2c1. The minimum absolute atomic E-state index is 0.0187. The Morgan fingerprint density at radius 3 is 2.94 bits per heavy atom. The van der Waals surface area contributed by atoms with Gasteiger partial charge in [-0.1, -0.05) is 29.5 Å². The van der Waals surface area contributed by atoms with Gasteiger partial charge in [0.25, 0.3) is 5.91 Å². The third-order valence-electron chi connectivity index (χ3n) is 5.62. The monoisotopic (exact) mass is 452 g/mol. The summed E-state index contributed by atoms with van der Waals surface area (Å²) in [7, 11) is 0. The van der Waals surface area contributed by atoms with E-state index in [0.717, 1.165) is 59.1 Å². The molecule has 1 saturated heterocycles. The number of nitrogens with one attached hydrogen (secondary N) is 1. The molecule has 0 radical (unpaired) electrons. The zero-order valence-electron chi connectivity index (χ0n) is 17.3. The molecular weight excluding hydrogens is 428 g/mol. The lowest BCUT2D eigenvalue weighted by molar-refractivity contribution is 0.0391. The Hall–Kier alpha value is -2.39. The maximum absolute atomic E-state index is 13.7. The van der Waals surface area contributed by atoms with Crippen LogP contribution in [0.5, 0.6) is 0 Å². The van der Waals surface area contributed by atoms with E-state index in [-0.39, 0.29) is 5.91 Å². The van der Waals surface area contributed by atoms with Crippen molar-refractivity contribution >= 4 is 55.3 Å². The van der Waals surface area contributed by atoms with Crippen molar-refractivity contribution in [2.75, 3.05) is 50.5 Å². The number of nitrogens with zero attached hydrogens (tertiary/aromatic N) is 3. The first kappa shape index (κ1) is 20.5. The van der Waals surface area contributed by atoms with Gasteiger partial charge in [0.05, 0.1) is 29.0 Å². The highest BCUT2D eigenvalue weighted by atomic mass is 32.2. The second-order valence-electron chi connectivity index (χ2n) is 7.49. The molecule has 0 atom stereocenters. The van der Waals surface area contributed by atoms with Gasteiger partial charge in [0.2, 0.25) is 0 Å². The predicted molar refractivity (Wildman–Crippen MR) is 129 cm³/mol. The molecule has 0 unspecified atom stereocenters. The van der Waals surface area contributed by atoms with E-state index in [0.29, 0.717) is 12.1 Å². The molecule has 0 spiro atoms. The molecule has 6 nitrogen and oxygen atoms in total. The van der Waals surface area contributed by atoms with Crippen LogP contribution < -0.4 is 4.90 Å². The number of carbonyl (C=O) groups is 1. The van der Waals surface area contributed by atoms with Gasteiger partial charge >= 0.3 is 0 Å². The Bertz CT molecular complexity index is 1210. The fourth-order valence-electron chi connectivity index (χ4n) is 3.88. The first-order chi connectivity index (χ1) is 15.2. The molecule has 1 aliphatic heterocycles. The molecule has 5 rings (SSSR count). The van der Waals surface area contributed by atoms with Crippen molar-refractivity contribution in [1.29, 1.82) is 0 Å². The number of morpholine rings is 1. The second kappa shape index (κ2) is 9.00. The van der Waals surface area contributed by atoms with Crippen LogP contribution in [0.25, 0.3) is 21.1 Å². The van der Waals surface area contributed by atoms with Crippen molar-refractivity contribution < 1.29 is 9.53 Å². The highest BCUT2D eigenvalue weighted by Gasteiger charge is 2.25. The zero-order chi connectivity index (χ0) is 21.2. The Morgan fingerprint density at radius 2 is 2.10 bits per heavy atom. The van der Waals surface area contributed by atoms with Gasteiger partial charge in [-0.25, -0.2) is 4.98 Å². The van der Waals surface area contributed by atoms with Gasteiger partial charge in [0.15, 0.2) is 5.13 Å². The standard InChI is InChI=1S/C23H24N4O2S2/c1-30-16-6-7-20-21(14-16)31-23(25-20)27(9-8-26-10-12-29-13-11-26)22(28)18-15-24-19-5-3-2-4-17(18)19/h2-7,14-15,24H,8-13H2,1H3. The van der Waals surface area contributed by atoms with Crippen molar-refractivity contribution in [3.63, 3.8) is 0 Å². The lowest BCUT2D eigenvalue weighted by Crippen LogP contribution is -2.43. The van der Waals surface area contributed by atoms with E-state index in [9.17, 15) is 4.79 Å². The summed E-state index contributed by atoms with van der Waals surface area (Å²) in [5.74, 6) is -0.0187. The van der Waals surface area contributed by atoms with Crippen LogP contribution in [0.3, 0.4) is 0 Å². The molecule has 1 N–H and O–H groups in total. The molecule has 2 aromatic heterocycles. The van der Waals surface area contributed by atoms with Gasteiger partial charge in [-0.05, 0) is 30.5 Å². The van der Waals surface area contributed by atoms with Crippen LogP contribution in [-0.2, 0) is 4.74 Å². The summed E-state index contributed by atoms with van der Waals surface area (Å²) < 4.78 is 6.57.